The molecule has 0 aromatic rings. The van der Waals surface area contributed by atoms with E-state index in [0.717, 1.165) is 32.2 Å². The first-order chi connectivity index (χ1) is 7.93. The summed E-state index contributed by atoms with van der Waals surface area (Å²) in [6, 6.07) is 0. The van der Waals surface area contributed by atoms with Crippen LogP contribution in [0, 0.1) is 5.92 Å². The van der Waals surface area contributed by atoms with E-state index in [2.05, 4.69) is 0 Å². The van der Waals surface area contributed by atoms with Crippen LogP contribution in [0.15, 0.2) is 0 Å². The molecule has 3 aliphatic rings. The molecule has 2 saturated heterocycles. The van der Waals surface area contributed by atoms with Gasteiger partial charge in [-0.3, -0.25) is 0 Å². The van der Waals surface area contributed by atoms with Gasteiger partial charge in [-0.15, -0.1) is 0 Å². The lowest BCUT2D eigenvalue weighted by molar-refractivity contribution is -0.0459. The molecular weight excluding hydrogens is 204 g/mol. The summed E-state index contributed by atoms with van der Waals surface area (Å²) in [5, 5.41) is 0. The molecule has 1 saturated carbocycles. The van der Waals surface area contributed by atoms with E-state index in [1.165, 1.54) is 32.1 Å². The molecule has 0 N–H and O–H groups in total. The number of hydrogen-bond donors (Lipinski definition) is 0. The Bertz CT molecular complexity index is 225. The second kappa shape index (κ2) is 5.03. The second-order valence-corrected chi connectivity index (χ2v) is 5.37. The van der Waals surface area contributed by atoms with Crippen LogP contribution in [0.3, 0.4) is 0 Å². The van der Waals surface area contributed by atoms with Crippen molar-refractivity contribution in [3.8, 4) is 0 Å². The van der Waals surface area contributed by atoms with Gasteiger partial charge in [-0.05, 0) is 25.2 Å². The van der Waals surface area contributed by atoms with E-state index in [1.807, 2.05) is 0 Å². The zero-order valence-corrected chi connectivity index (χ0v) is 9.90. The number of rotatable bonds is 3. The normalized spacial score (nSPS) is 40.1. The highest BCUT2D eigenvalue weighted by atomic mass is 16.6. The van der Waals surface area contributed by atoms with Crippen molar-refractivity contribution in [3.63, 3.8) is 0 Å². The molecule has 3 rings (SSSR count). The van der Waals surface area contributed by atoms with Gasteiger partial charge in [0, 0.05) is 6.61 Å². The third-order valence-corrected chi connectivity index (χ3v) is 4.19. The summed E-state index contributed by atoms with van der Waals surface area (Å²) < 4.78 is 17.4. The highest BCUT2D eigenvalue weighted by Crippen LogP contribution is 2.30. The van der Waals surface area contributed by atoms with Crippen LogP contribution in [0.2, 0.25) is 0 Å². The Morgan fingerprint density at radius 2 is 1.88 bits per heavy atom. The molecule has 0 aromatic heterocycles. The van der Waals surface area contributed by atoms with Crippen molar-refractivity contribution in [2.75, 3.05) is 19.8 Å². The van der Waals surface area contributed by atoms with E-state index < -0.39 is 0 Å². The monoisotopic (exact) mass is 226 g/mol. The van der Waals surface area contributed by atoms with Crippen LogP contribution in [0.4, 0.5) is 0 Å². The zero-order chi connectivity index (χ0) is 10.8. The minimum atomic E-state index is 0.203. The van der Waals surface area contributed by atoms with Crippen LogP contribution in [-0.4, -0.2) is 38.1 Å². The van der Waals surface area contributed by atoms with Crippen LogP contribution < -0.4 is 0 Å². The maximum absolute atomic E-state index is 6.01. The van der Waals surface area contributed by atoms with E-state index in [0.29, 0.717) is 6.10 Å². The molecule has 0 amide bonds. The van der Waals surface area contributed by atoms with E-state index in [9.17, 15) is 0 Å². The molecule has 0 radical (unpaired) electrons. The molecule has 92 valence electrons. The lowest BCUT2D eigenvalue weighted by atomic mass is 9.90. The Morgan fingerprint density at radius 1 is 1.00 bits per heavy atom. The van der Waals surface area contributed by atoms with E-state index >= 15 is 0 Å². The van der Waals surface area contributed by atoms with Crippen LogP contribution in [0.1, 0.15) is 38.5 Å². The first-order valence-corrected chi connectivity index (χ1v) is 6.78. The SMILES string of the molecule is C1CCC(COC2CO[C@@H]3CCOC23)CC1. The third-order valence-electron chi connectivity index (χ3n) is 4.19. The molecule has 2 heterocycles. The van der Waals surface area contributed by atoms with Gasteiger partial charge >= 0.3 is 0 Å². The molecule has 3 atom stereocenters. The molecule has 1 aliphatic carbocycles. The van der Waals surface area contributed by atoms with Gasteiger partial charge in [-0.2, -0.15) is 0 Å². The van der Waals surface area contributed by atoms with Crippen molar-refractivity contribution in [1.82, 2.24) is 0 Å². The number of ether oxygens (including phenoxy) is 3. The molecule has 3 heteroatoms. The maximum atomic E-state index is 6.01. The molecular formula is C13H22O3. The molecule has 3 fully saturated rings. The fourth-order valence-electron chi connectivity index (χ4n) is 3.19. The molecule has 0 spiro atoms. The summed E-state index contributed by atoms with van der Waals surface area (Å²) in [6.45, 7) is 2.50. The lowest BCUT2D eigenvalue weighted by Gasteiger charge is -2.24. The minimum absolute atomic E-state index is 0.203. The van der Waals surface area contributed by atoms with Gasteiger partial charge in [-0.25, -0.2) is 0 Å². The maximum Gasteiger partial charge on any atom is 0.112 e. The van der Waals surface area contributed by atoms with Gasteiger partial charge in [0.05, 0.1) is 19.3 Å². The molecule has 2 unspecified atom stereocenters. The van der Waals surface area contributed by atoms with Crippen LogP contribution in [-0.2, 0) is 14.2 Å². The van der Waals surface area contributed by atoms with Gasteiger partial charge < -0.3 is 14.2 Å². The minimum Gasteiger partial charge on any atom is -0.373 e. The topological polar surface area (TPSA) is 27.7 Å². The smallest absolute Gasteiger partial charge is 0.112 e. The average molecular weight is 226 g/mol. The van der Waals surface area contributed by atoms with Gasteiger partial charge in [0.2, 0.25) is 0 Å². The van der Waals surface area contributed by atoms with E-state index in [4.69, 9.17) is 14.2 Å². The predicted molar refractivity (Wildman–Crippen MR) is 60.4 cm³/mol. The Labute approximate surface area is 97.4 Å². The summed E-state index contributed by atoms with van der Waals surface area (Å²) in [5.74, 6) is 0.786. The van der Waals surface area contributed by atoms with E-state index in [-0.39, 0.29) is 12.2 Å². The lowest BCUT2D eigenvalue weighted by Crippen LogP contribution is -2.31. The van der Waals surface area contributed by atoms with Gasteiger partial charge in [-0.1, -0.05) is 19.3 Å². The fourth-order valence-corrected chi connectivity index (χ4v) is 3.19. The zero-order valence-electron chi connectivity index (χ0n) is 9.90. The summed E-state index contributed by atoms with van der Waals surface area (Å²) in [5.41, 5.74) is 0. The first kappa shape index (κ1) is 11.0. The number of hydrogen-bond acceptors (Lipinski definition) is 3. The van der Waals surface area contributed by atoms with Crippen LogP contribution in [0.25, 0.3) is 0 Å². The molecule has 3 nitrogen and oxygen atoms in total. The van der Waals surface area contributed by atoms with Crippen LogP contribution in [0.5, 0.6) is 0 Å². The molecule has 2 aliphatic heterocycles. The third kappa shape index (κ3) is 2.27. The highest BCUT2D eigenvalue weighted by Gasteiger charge is 2.42. The van der Waals surface area contributed by atoms with Crippen molar-refractivity contribution in [2.45, 2.75) is 56.8 Å². The van der Waals surface area contributed by atoms with Crippen molar-refractivity contribution in [1.29, 1.82) is 0 Å². The van der Waals surface area contributed by atoms with E-state index in [1.54, 1.807) is 0 Å². The van der Waals surface area contributed by atoms with Gasteiger partial charge in [0.1, 0.15) is 12.2 Å². The first-order valence-electron chi connectivity index (χ1n) is 6.78. The Balaban J connectivity index is 1.44. The predicted octanol–water partition coefficient (Wildman–Crippen LogP) is 2.14. The summed E-state index contributed by atoms with van der Waals surface area (Å²) >= 11 is 0. The quantitative estimate of drug-likeness (QED) is 0.738. The van der Waals surface area contributed by atoms with Crippen molar-refractivity contribution in [3.05, 3.63) is 0 Å². The van der Waals surface area contributed by atoms with Crippen molar-refractivity contribution in [2.24, 2.45) is 5.92 Å². The average Bonchev–Trinajstić information content (AvgIpc) is 2.90. The molecule has 0 bridgehead atoms. The Kier molecular flexibility index (Phi) is 3.46. The second-order valence-electron chi connectivity index (χ2n) is 5.37. The Hall–Kier alpha value is -0.120. The summed E-state index contributed by atoms with van der Waals surface area (Å²) in [7, 11) is 0. The molecule has 0 aromatic carbocycles. The number of fused-ring (bicyclic) bond motifs is 1. The highest BCUT2D eigenvalue weighted by molar-refractivity contribution is 4.89. The largest absolute Gasteiger partial charge is 0.373 e. The molecule has 16 heavy (non-hydrogen) atoms. The van der Waals surface area contributed by atoms with Crippen molar-refractivity contribution >= 4 is 0 Å². The summed E-state index contributed by atoms with van der Waals surface area (Å²) in [4.78, 5) is 0. The standard InChI is InChI=1S/C13H22O3/c1-2-4-10(5-3-1)8-15-12-9-16-11-6-7-14-13(11)12/h10-13H,1-9H2/t11-,12?,13?/m1/s1. The fraction of sp³-hybridized carbons (Fsp3) is 1.00. The van der Waals surface area contributed by atoms with Gasteiger partial charge in [0.15, 0.2) is 0 Å². The van der Waals surface area contributed by atoms with Crippen LogP contribution >= 0.6 is 0 Å². The van der Waals surface area contributed by atoms with Crippen molar-refractivity contribution < 1.29 is 14.2 Å². The van der Waals surface area contributed by atoms with Gasteiger partial charge in [0.25, 0.3) is 0 Å². The summed E-state index contributed by atoms with van der Waals surface area (Å²) in [6.07, 6.45) is 8.68. The Morgan fingerprint density at radius 3 is 2.75 bits per heavy atom.